The van der Waals surface area contributed by atoms with Crippen LogP contribution in [-0.2, 0) is 6.54 Å². The van der Waals surface area contributed by atoms with E-state index in [0.29, 0.717) is 21.7 Å². The average Bonchev–Trinajstić information content (AvgIpc) is 3.02. The van der Waals surface area contributed by atoms with Gasteiger partial charge in [-0.3, -0.25) is 14.5 Å². The molecule has 1 amide bonds. The van der Waals surface area contributed by atoms with Crippen LogP contribution >= 0.6 is 11.6 Å². The molecule has 3 rings (SSSR count). The van der Waals surface area contributed by atoms with Crippen LogP contribution < -0.4 is 10.9 Å². The molecule has 0 aliphatic rings. The third-order valence-corrected chi connectivity index (χ3v) is 3.90. The number of nitrogens with one attached hydrogen (secondary N) is 2. The van der Waals surface area contributed by atoms with Crippen molar-refractivity contribution < 1.29 is 9.90 Å². The molecule has 124 valence electrons. The lowest BCUT2D eigenvalue weighted by molar-refractivity contribution is 0.190. The second-order valence-corrected chi connectivity index (χ2v) is 5.68. The number of aromatic nitrogens is 4. The van der Waals surface area contributed by atoms with Gasteiger partial charge < -0.3 is 10.4 Å². The molecule has 9 heteroatoms. The normalized spacial score (nSPS) is 12.2. The highest BCUT2D eigenvalue weighted by atomic mass is 35.5. The van der Waals surface area contributed by atoms with Crippen molar-refractivity contribution >= 4 is 28.6 Å². The number of nitrogens with zero attached hydrogens (tertiary/aromatic N) is 3. The minimum absolute atomic E-state index is 0.199. The number of fused-ring (bicyclic) bond motifs is 1. The lowest BCUT2D eigenvalue weighted by Gasteiger charge is -2.18. The second-order valence-electron chi connectivity index (χ2n) is 5.27. The fourth-order valence-corrected chi connectivity index (χ4v) is 2.77. The van der Waals surface area contributed by atoms with E-state index in [1.165, 1.54) is 4.57 Å². The molecule has 3 N–H and O–H groups in total. The van der Waals surface area contributed by atoms with Gasteiger partial charge in [-0.05, 0) is 19.1 Å². The molecule has 0 radical (unpaired) electrons. The highest BCUT2D eigenvalue weighted by molar-refractivity contribution is 6.35. The number of hydrogen-bond acceptors (Lipinski definition) is 4. The molecule has 0 aliphatic carbocycles. The molecule has 0 bridgehead atoms. The predicted octanol–water partition coefficient (Wildman–Crippen LogP) is 2.15. The summed E-state index contributed by atoms with van der Waals surface area (Å²) in [4.78, 5) is 28.3. The Labute approximate surface area is 141 Å². The fourth-order valence-electron chi connectivity index (χ4n) is 2.52. The number of carboxylic acid groups (broad SMARTS) is 1. The molecule has 2 heterocycles. The van der Waals surface area contributed by atoms with Crippen molar-refractivity contribution in [1.29, 1.82) is 0 Å². The quantitative estimate of drug-likeness (QED) is 0.669. The first-order chi connectivity index (χ1) is 11.5. The number of benzene rings is 1. The van der Waals surface area contributed by atoms with Gasteiger partial charge in [0.05, 0.1) is 34.7 Å². The Kier molecular flexibility index (Phi) is 4.22. The molecule has 0 fully saturated rings. The van der Waals surface area contributed by atoms with Gasteiger partial charge in [-0.1, -0.05) is 17.7 Å². The predicted molar refractivity (Wildman–Crippen MR) is 88.3 cm³/mol. The molecular weight excluding hydrogens is 334 g/mol. The van der Waals surface area contributed by atoms with Crippen molar-refractivity contribution in [3.05, 3.63) is 57.4 Å². The van der Waals surface area contributed by atoms with Gasteiger partial charge in [-0.25, -0.2) is 9.78 Å². The zero-order valence-corrected chi connectivity index (χ0v) is 13.4. The smallest absolute Gasteiger partial charge is 0.405 e. The zero-order valence-electron chi connectivity index (χ0n) is 12.7. The van der Waals surface area contributed by atoms with E-state index in [9.17, 15) is 9.59 Å². The van der Waals surface area contributed by atoms with Crippen LogP contribution in [0, 0.1) is 0 Å². The van der Waals surface area contributed by atoms with Crippen LogP contribution in [0.15, 0.2) is 35.4 Å². The maximum atomic E-state index is 12.9. The summed E-state index contributed by atoms with van der Waals surface area (Å²) in [6, 6.07) is 4.30. The Balaban J connectivity index is 2.23. The summed E-state index contributed by atoms with van der Waals surface area (Å²) in [5.41, 5.74) is 0.847. The van der Waals surface area contributed by atoms with Crippen molar-refractivity contribution in [1.82, 2.24) is 25.1 Å². The van der Waals surface area contributed by atoms with Crippen molar-refractivity contribution in [2.24, 2.45) is 0 Å². The van der Waals surface area contributed by atoms with Gasteiger partial charge in [-0.2, -0.15) is 5.10 Å². The number of hydrogen-bond donors (Lipinski definition) is 3. The highest BCUT2D eigenvalue weighted by Crippen LogP contribution is 2.21. The Hall–Kier alpha value is -2.87. The van der Waals surface area contributed by atoms with Crippen LogP contribution in [0.2, 0.25) is 5.02 Å². The molecule has 0 saturated carbocycles. The fraction of sp³-hybridized carbons (Fsp3) is 0.200. The Morgan fingerprint density at radius 2 is 2.29 bits per heavy atom. The topological polar surface area (TPSA) is 113 Å². The van der Waals surface area contributed by atoms with Gasteiger partial charge in [0.15, 0.2) is 0 Å². The molecule has 8 nitrogen and oxygen atoms in total. The number of carbonyl (C=O) groups is 1. The van der Waals surface area contributed by atoms with Crippen LogP contribution in [0.25, 0.3) is 10.9 Å². The first-order valence-electron chi connectivity index (χ1n) is 7.13. The van der Waals surface area contributed by atoms with Crippen molar-refractivity contribution in [3.8, 4) is 0 Å². The van der Waals surface area contributed by atoms with Crippen LogP contribution in [0.5, 0.6) is 0 Å². The van der Waals surface area contributed by atoms with Gasteiger partial charge in [0, 0.05) is 11.8 Å². The van der Waals surface area contributed by atoms with Gasteiger partial charge in [-0.15, -0.1) is 0 Å². The summed E-state index contributed by atoms with van der Waals surface area (Å²) in [5.74, 6) is 0.304. The summed E-state index contributed by atoms with van der Waals surface area (Å²) in [5, 5.41) is 18.4. The standard InChI is InChI=1S/C15H14ClN5O3/c1-8(19-15(23)24)13-20-11-4-2-3-10(16)12(11)14(22)21(13)7-9-5-17-18-6-9/h2-6,8,19H,7H2,1H3,(H,17,18)(H,23,24). The number of amides is 1. The molecule has 1 unspecified atom stereocenters. The molecule has 24 heavy (non-hydrogen) atoms. The number of H-pyrrole nitrogens is 1. The lowest BCUT2D eigenvalue weighted by Crippen LogP contribution is -2.33. The van der Waals surface area contributed by atoms with E-state index in [4.69, 9.17) is 16.7 Å². The molecule has 1 aromatic carbocycles. The van der Waals surface area contributed by atoms with E-state index < -0.39 is 12.1 Å². The van der Waals surface area contributed by atoms with Crippen LogP contribution in [0.1, 0.15) is 24.4 Å². The monoisotopic (exact) mass is 347 g/mol. The summed E-state index contributed by atoms with van der Waals surface area (Å²) < 4.78 is 1.40. The van der Waals surface area contributed by atoms with E-state index in [1.54, 1.807) is 37.5 Å². The van der Waals surface area contributed by atoms with Crippen molar-refractivity contribution in [2.75, 3.05) is 0 Å². The summed E-state index contributed by atoms with van der Waals surface area (Å²) in [6.45, 7) is 1.82. The van der Waals surface area contributed by atoms with E-state index in [0.717, 1.165) is 5.56 Å². The summed E-state index contributed by atoms with van der Waals surface area (Å²) >= 11 is 6.15. The van der Waals surface area contributed by atoms with Crippen molar-refractivity contribution in [3.63, 3.8) is 0 Å². The molecule has 1 atom stereocenters. The minimum atomic E-state index is -1.20. The maximum Gasteiger partial charge on any atom is 0.405 e. The van der Waals surface area contributed by atoms with Crippen LogP contribution in [-0.4, -0.2) is 30.9 Å². The molecule has 0 aliphatic heterocycles. The van der Waals surface area contributed by atoms with E-state index in [-0.39, 0.29) is 12.1 Å². The van der Waals surface area contributed by atoms with Gasteiger partial charge in [0.25, 0.3) is 5.56 Å². The number of halogens is 1. The molecule has 0 saturated heterocycles. The number of aromatic amines is 1. The average molecular weight is 348 g/mol. The largest absolute Gasteiger partial charge is 0.465 e. The summed E-state index contributed by atoms with van der Waals surface area (Å²) in [7, 11) is 0. The zero-order chi connectivity index (χ0) is 17.3. The van der Waals surface area contributed by atoms with Crippen molar-refractivity contribution in [2.45, 2.75) is 19.5 Å². The Morgan fingerprint density at radius 1 is 1.50 bits per heavy atom. The minimum Gasteiger partial charge on any atom is -0.465 e. The highest BCUT2D eigenvalue weighted by Gasteiger charge is 2.19. The van der Waals surface area contributed by atoms with E-state index >= 15 is 0 Å². The Morgan fingerprint density at radius 3 is 2.96 bits per heavy atom. The number of rotatable bonds is 4. The van der Waals surface area contributed by atoms with Gasteiger partial charge >= 0.3 is 6.09 Å². The third kappa shape index (κ3) is 2.95. The SMILES string of the molecule is CC(NC(=O)O)c1nc2cccc(Cl)c2c(=O)n1Cc1cn[nH]c1. The van der Waals surface area contributed by atoms with Crippen LogP contribution in [0.3, 0.4) is 0 Å². The summed E-state index contributed by atoms with van der Waals surface area (Å²) in [6.07, 6.45) is 2.04. The second kappa shape index (κ2) is 6.32. The van der Waals surface area contributed by atoms with Crippen LogP contribution in [0.4, 0.5) is 4.79 Å². The first kappa shape index (κ1) is 16.0. The molecule has 0 spiro atoms. The molecule has 3 aromatic rings. The lowest BCUT2D eigenvalue weighted by atomic mass is 10.2. The third-order valence-electron chi connectivity index (χ3n) is 3.59. The Bertz CT molecular complexity index is 952. The van der Waals surface area contributed by atoms with E-state index in [1.807, 2.05) is 0 Å². The maximum absolute atomic E-state index is 12.9. The molecular formula is C15H14ClN5O3. The van der Waals surface area contributed by atoms with E-state index in [2.05, 4.69) is 20.5 Å². The molecule has 2 aromatic heterocycles. The van der Waals surface area contributed by atoms with Gasteiger partial charge in [0.1, 0.15) is 5.82 Å². The first-order valence-corrected chi connectivity index (χ1v) is 7.51. The van der Waals surface area contributed by atoms with Gasteiger partial charge in [0.2, 0.25) is 0 Å².